The Labute approximate surface area is 185 Å². The second-order valence-electron chi connectivity index (χ2n) is 9.31. The van der Waals surface area contributed by atoms with Crippen molar-refractivity contribution in [2.45, 2.75) is 116 Å². The van der Waals surface area contributed by atoms with Crippen LogP contribution in [0, 0.1) is 0 Å². The first-order chi connectivity index (χ1) is 14.3. The van der Waals surface area contributed by atoms with Gasteiger partial charge in [-0.15, -0.1) is 0 Å². The molecule has 0 unspecified atom stereocenters. The van der Waals surface area contributed by atoms with Gasteiger partial charge in [-0.3, -0.25) is 9.28 Å². The zero-order valence-corrected chi connectivity index (χ0v) is 20.1. The number of unbranched alkanes of at least 4 members (excludes halogenated alkanes) is 11. The molecule has 0 radical (unpaired) electrons. The molecule has 0 aliphatic carbocycles. The number of esters is 1. The molecule has 0 heterocycles. The number of nitrogens with zero attached hydrogens (tertiary/aromatic N) is 1. The van der Waals surface area contributed by atoms with Crippen LogP contribution in [0.4, 0.5) is 0 Å². The molecule has 0 aromatic heterocycles. The van der Waals surface area contributed by atoms with Gasteiger partial charge < -0.3 is 14.6 Å². The number of hydrogen-bond acceptors (Lipinski definition) is 4. The van der Waals surface area contributed by atoms with Gasteiger partial charge in [0, 0.05) is 18.8 Å². The van der Waals surface area contributed by atoms with Crippen LogP contribution in [0.3, 0.4) is 0 Å². The van der Waals surface area contributed by atoms with E-state index in [2.05, 4.69) is 19.1 Å². The van der Waals surface area contributed by atoms with Gasteiger partial charge in [0.05, 0.1) is 21.1 Å². The molecular weight excluding hydrogens is 378 g/mol. The molecule has 0 N–H and O–H groups in total. The van der Waals surface area contributed by atoms with Gasteiger partial charge in [-0.25, -0.2) is 0 Å². The van der Waals surface area contributed by atoms with E-state index in [1.807, 2.05) is 21.1 Å². The molecule has 0 saturated carbocycles. The third-order valence-electron chi connectivity index (χ3n) is 5.37. The van der Waals surface area contributed by atoms with E-state index >= 15 is 0 Å². The van der Waals surface area contributed by atoms with Crippen LogP contribution in [0.5, 0.6) is 0 Å². The molecule has 1 atom stereocenters. The summed E-state index contributed by atoms with van der Waals surface area (Å²) in [5, 5.41) is 10.7. The Bertz CT molecular complexity index is 468. The maximum absolute atomic E-state index is 12.1. The summed E-state index contributed by atoms with van der Waals surface area (Å²) in [4.78, 5) is 22.8. The Kier molecular flexibility index (Phi) is 17.6. The standard InChI is InChI=1S/C25H47NO4/c1-5-6-7-8-9-10-11-12-13-14-15-16-17-18-19-20-25(29)30-23(26(2,3)4)21-22-24(27)28/h12-13,23H,5-11,14-22H2,1-4H3/b13-12-/t23-/m0/s1. The molecule has 0 amide bonds. The number of aliphatic carboxylic acids is 1. The first-order valence-corrected chi connectivity index (χ1v) is 12.1. The number of carboxylic acids is 1. The highest BCUT2D eigenvalue weighted by molar-refractivity contribution is 5.69. The summed E-state index contributed by atoms with van der Waals surface area (Å²) >= 11 is 0. The van der Waals surface area contributed by atoms with Gasteiger partial charge in [0.1, 0.15) is 0 Å². The van der Waals surface area contributed by atoms with E-state index in [4.69, 9.17) is 4.74 Å². The first kappa shape index (κ1) is 28.6. The Morgan fingerprint density at radius 3 is 1.80 bits per heavy atom. The lowest BCUT2D eigenvalue weighted by Gasteiger charge is -2.33. The fourth-order valence-corrected chi connectivity index (χ4v) is 3.40. The number of carbonyl (C=O) groups excluding carboxylic acids is 2. The van der Waals surface area contributed by atoms with Crippen LogP contribution < -0.4 is 5.11 Å². The van der Waals surface area contributed by atoms with Crippen LogP contribution in [0.25, 0.3) is 0 Å². The number of carbonyl (C=O) groups is 2. The molecule has 0 fully saturated rings. The largest absolute Gasteiger partial charge is 0.550 e. The predicted molar refractivity (Wildman–Crippen MR) is 122 cm³/mol. The van der Waals surface area contributed by atoms with Crippen LogP contribution in [0.2, 0.25) is 0 Å². The van der Waals surface area contributed by atoms with Crippen LogP contribution >= 0.6 is 0 Å². The summed E-state index contributed by atoms with van der Waals surface area (Å²) in [6.07, 6.45) is 20.7. The molecule has 0 saturated heterocycles. The summed E-state index contributed by atoms with van der Waals surface area (Å²) in [6, 6.07) is 0. The van der Waals surface area contributed by atoms with Crippen molar-refractivity contribution in [1.82, 2.24) is 0 Å². The van der Waals surface area contributed by atoms with Gasteiger partial charge in [-0.1, -0.05) is 70.4 Å². The third-order valence-corrected chi connectivity index (χ3v) is 5.37. The smallest absolute Gasteiger partial charge is 0.310 e. The summed E-state index contributed by atoms with van der Waals surface area (Å²) in [5.74, 6) is -1.34. The van der Waals surface area contributed by atoms with E-state index in [1.54, 1.807) is 0 Å². The van der Waals surface area contributed by atoms with E-state index in [0.717, 1.165) is 25.7 Å². The van der Waals surface area contributed by atoms with E-state index in [9.17, 15) is 14.7 Å². The minimum atomic E-state index is -1.11. The van der Waals surface area contributed by atoms with Crippen molar-refractivity contribution >= 4 is 11.9 Å². The van der Waals surface area contributed by atoms with Crippen molar-refractivity contribution in [3.05, 3.63) is 12.2 Å². The second-order valence-corrected chi connectivity index (χ2v) is 9.31. The molecule has 0 aromatic rings. The van der Waals surface area contributed by atoms with E-state index < -0.39 is 12.2 Å². The van der Waals surface area contributed by atoms with Crippen molar-refractivity contribution in [2.24, 2.45) is 0 Å². The molecule has 0 rings (SSSR count). The monoisotopic (exact) mass is 425 g/mol. The van der Waals surface area contributed by atoms with E-state index in [-0.39, 0.29) is 18.8 Å². The van der Waals surface area contributed by atoms with Crippen LogP contribution in [0.15, 0.2) is 12.2 Å². The Morgan fingerprint density at radius 1 is 0.800 bits per heavy atom. The maximum atomic E-state index is 12.1. The minimum absolute atomic E-state index is 0.0964. The number of quaternary nitrogens is 1. The molecule has 0 spiro atoms. The summed E-state index contributed by atoms with van der Waals surface area (Å²) in [7, 11) is 5.69. The molecule has 0 aliphatic rings. The number of rotatable bonds is 20. The van der Waals surface area contributed by atoms with Gasteiger partial charge in [-0.05, 0) is 38.5 Å². The molecule has 5 nitrogen and oxygen atoms in total. The normalized spacial score (nSPS) is 12.9. The summed E-state index contributed by atoms with van der Waals surface area (Å²) < 4.78 is 5.91. The van der Waals surface area contributed by atoms with Gasteiger partial charge in [0.2, 0.25) is 6.23 Å². The molecule has 0 bridgehead atoms. The van der Waals surface area contributed by atoms with Gasteiger partial charge in [-0.2, -0.15) is 0 Å². The topological polar surface area (TPSA) is 66.4 Å². The number of carboxylic acid groups (broad SMARTS) is 1. The lowest BCUT2D eigenvalue weighted by atomic mass is 10.1. The molecular formula is C25H47NO4. The van der Waals surface area contributed by atoms with Gasteiger partial charge >= 0.3 is 5.97 Å². The number of allylic oxidation sites excluding steroid dienone is 2. The van der Waals surface area contributed by atoms with Crippen molar-refractivity contribution in [3.8, 4) is 0 Å². The quantitative estimate of drug-likeness (QED) is 0.0891. The van der Waals surface area contributed by atoms with E-state index in [1.165, 1.54) is 57.8 Å². The van der Waals surface area contributed by atoms with Gasteiger partial charge in [0.25, 0.3) is 0 Å². The van der Waals surface area contributed by atoms with Crippen LogP contribution in [-0.2, 0) is 14.3 Å². The van der Waals surface area contributed by atoms with Gasteiger partial charge in [0.15, 0.2) is 0 Å². The average Bonchev–Trinajstić information content (AvgIpc) is 2.67. The Hall–Kier alpha value is -1.36. The second kappa shape index (κ2) is 18.4. The van der Waals surface area contributed by atoms with Crippen molar-refractivity contribution in [2.75, 3.05) is 21.1 Å². The lowest BCUT2D eigenvalue weighted by molar-refractivity contribution is -0.917. The number of ether oxygens (including phenoxy) is 1. The van der Waals surface area contributed by atoms with Crippen molar-refractivity contribution in [3.63, 3.8) is 0 Å². The van der Waals surface area contributed by atoms with Crippen LogP contribution in [-0.4, -0.2) is 43.8 Å². The first-order valence-electron chi connectivity index (χ1n) is 12.1. The Balaban J connectivity index is 3.65. The fourth-order valence-electron chi connectivity index (χ4n) is 3.40. The number of hydrogen-bond donors (Lipinski definition) is 0. The SMILES string of the molecule is CCCCCCCC/C=C\CCCCCCCC(=O)O[C@@H](CCC(=O)[O-])[N+](C)(C)C. The van der Waals surface area contributed by atoms with Crippen LogP contribution in [0.1, 0.15) is 110 Å². The van der Waals surface area contributed by atoms with Crippen molar-refractivity contribution < 1.29 is 23.9 Å². The molecule has 5 heteroatoms. The van der Waals surface area contributed by atoms with Crippen molar-refractivity contribution in [1.29, 1.82) is 0 Å². The average molecular weight is 426 g/mol. The minimum Gasteiger partial charge on any atom is -0.550 e. The van der Waals surface area contributed by atoms with E-state index in [0.29, 0.717) is 10.9 Å². The molecule has 30 heavy (non-hydrogen) atoms. The highest BCUT2D eigenvalue weighted by Gasteiger charge is 2.27. The fraction of sp³-hybridized carbons (Fsp3) is 0.840. The zero-order chi connectivity index (χ0) is 22.7. The third kappa shape index (κ3) is 18.7. The Morgan fingerprint density at radius 2 is 1.30 bits per heavy atom. The predicted octanol–water partition coefficient (Wildman–Crippen LogP) is 5.13. The highest BCUT2D eigenvalue weighted by Crippen LogP contribution is 2.15. The summed E-state index contributed by atoms with van der Waals surface area (Å²) in [6.45, 7) is 2.25. The zero-order valence-electron chi connectivity index (χ0n) is 20.1. The lowest BCUT2D eigenvalue weighted by Crippen LogP contribution is -2.48. The highest BCUT2D eigenvalue weighted by atomic mass is 16.6. The molecule has 176 valence electrons. The molecule has 0 aromatic carbocycles. The maximum Gasteiger partial charge on any atom is 0.310 e. The summed E-state index contributed by atoms with van der Waals surface area (Å²) in [5.41, 5.74) is 0. The molecule has 0 aliphatic heterocycles.